The molecule has 1 aliphatic heterocycles. The Morgan fingerprint density at radius 3 is 3.19 bits per heavy atom. The maximum Gasteiger partial charge on any atom is 0.133 e. The van der Waals surface area contributed by atoms with Gasteiger partial charge >= 0.3 is 0 Å². The lowest BCUT2D eigenvalue weighted by Gasteiger charge is -2.28. The maximum atomic E-state index is 5.51. The van der Waals surface area contributed by atoms with Gasteiger partial charge < -0.3 is 14.6 Å². The van der Waals surface area contributed by atoms with E-state index in [4.69, 9.17) is 4.74 Å². The quantitative estimate of drug-likeness (QED) is 0.810. The van der Waals surface area contributed by atoms with Crippen LogP contribution in [0.2, 0.25) is 0 Å². The fourth-order valence-corrected chi connectivity index (χ4v) is 2.11. The molecule has 90 valence electrons. The molecule has 0 aliphatic carbocycles. The van der Waals surface area contributed by atoms with E-state index in [9.17, 15) is 0 Å². The molecule has 0 saturated carbocycles. The summed E-state index contributed by atoms with van der Waals surface area (Å²) in [4.78, 5) is 0. The zero-order chi connectivity index (χ0) is 11.4. The topological polar surface area (TPSA) is 52.0 Å². The van der Waals surface area contributed by atoms with Gasteiger partial charge in [-0.3, -0.25) is 0 Å². The molecule has 0 spiro atoms. The summed E-state index contributed by atoms with van der Waals surface area (Å²) in [5, 5.41) is 11.5. The standard InChI is InChI=1S/C11H20N4O/c1-9-7-10(4-6-16-9)12-5-3-11-14-13-8-15(11)2/h8-10,12H,3-7H2,1-2H3. The highest BCUT2D eigenvalue weighted by molar-refractivity contribution is 4.86. The summed E-state index contributed by atoms with van der Waals surface area (Å²) in [7, 11) is 1.98. The number of hydrogen-bond donors (Lipinski definition) is 1. The minimum Gasteiger partial charge on any atom is -0.378 e. The van der Waals surface area contributed by atoms with Crippen LogP contribution in [0.4, 0.5) is 0 Å². The lowest BCUT2D eigenvalue weighted by atomic mass is 10.0. The highest BCUT2D eigenvalue weighted by Crippen LogP contribution is 2.12. The molecule has 0 aromatic carbocycles. The summed E-state index contributed by atoms with van der Waals surface area (Å²) in [6.07, 6.45) is 5.29. The van der Waals surface area contributed by atoms with E-state index in [1.54, 1.807) is 6.33 Å². The Morgan fingerprint density at radius 2 is 2.50 bits per heavy atom. The number of hydrogen-bond acceptors (Lipinski definition) is 4. The van der Waals surface area contributed by atoms with Crippen molar-refractivity contribution in [3.63, 3.8) is 0 Å². The van der Waals surface area contributed by atoms with E-state index in [0.717, 1.165) is 38.2 Å². The van der Waals surface area contributed by atoms with Crippen molar-refractivity contribution < 1.29 is 4.74 Å². The van der Waals surface area contributed by atoms with Crippen molar-refractivity contribution in [3.8, 4) is 0 Å². The van der Waals surface area contributed by atoms with E-state index < -0.39 is 0 Å². The summed E-state index contributed by atoms with van der Waals surface area (Å²) < 4.78 is 7.48. The molecule has 2 rings (SSSR count). The van der Waals surface area contributed by atoms with E-state index in [-0.39, 0.29) is 0 Å². The van der Waals surface area contributed by atoms with Crippen LogP contribution in [0, 0.1) is 0 Å². The molecule has 1 fully saturated rings. The van der Waals surface area contributed by atoms with Gasteiger partial charge in [0.05, 0.1) is 6.10 Å². The Hall–Kier alpha value is -0.940. The predicted molar refractivity (Wildman–Crippen MR) is 61.1 cm³/mol. The highest BCUT2D eigenvalue weighted by atomic mass is 16.5. The molecule has 2 atom stereocenters. The number of rotatable bonds is 4. The van der Waals surface area contributed by atoms with Crippen LogP contribution in [0.1, 0.15) is 25.6 Å². The monoisotopic (exact) mass is 224 g/mol. The Morgan fingerprint density at radius 1 is 1.62 bits per heavy atom. The first-order valence-electron chi connectivity index (χ1n) is 5.93. The fraction of sp³-hybridized carbons (Fsp3) is 0.818. The van der Waals surface area contributed by atoms with Gasteiger partial charge in [0.15, 0.2) is 0 Å². The van der Waals surface area contributed by atoms with Crippen LogP contribution in [-0.4, -0.2) is 40.1 Å². The van der Waals surface area contributed by atoms with Crippen LogP contribution in [0.3, 0.4) is 0 Å². The molecule has 16 heavy (non-hydrogen) atoms. The van der Waals surface area contributed by atoms with Gasteiger partial charge in [0, 0.05) is 32.7 Å². The van der Waals surface area contributed by atoms with Gasteiger partial charge in [-0.05, 0) is 19.8 Å². The molecule has 2 unspecified atom stereocenters. The number of aromatic nitrogens is 3. The smallest absolute Gasteiger partial charge is 0.133 e. The number of nitrogens with zero attached hydrogens (tertiary/aromatic N) is 3. The molecule has 0 amide bonds. The lowest BCUT2D eigenvalue weighted by Crippen LogP contribution is -2.39. The van der Waals surface area contributed by atoms with Gasteiger partial charge in [0.25, 0.3) is 0 Å². The first kappa shape index (κ1) is 11.5. The summed E-state index contributed by atoms with van der Waals surface area (Å²) in [6.45, 7) is 3.98. The molecule has 5 heteroatoms. The molecule has 0 bridgehead atoms. The lowest BCUT2D eigenvalue weighted by molar-refractivity contribution is 0.0135. The minimum atomic E-state index is 0.390. The molecule has 1 saturated heterocycles. The van der Waals surface area contributed by atoms with Crippen LogP contribution in [-0.2, 0) is 18.2 Å². The van der Waals surface area contributed by atoms with Crippen molar-refractivity contribution in [2.45, 2.75) is 38.3 Å². The molecule has 1 N–H and O–H groups in total. The Bertz CT molecular complexity index is 326. The van der Waals surface area contributed by atoms with Gasteiger partial charge in [-0.15, -0.1) is 10.2 Å². The molecule has 0 radical (unpaired) electrons. The van der Waals surface area contributed by atoms with Crippen LogP contribution in [0.5, 0.6) is 0 Å². The van der Waals surface area contributed by atoms with Crippen molar-refractivity contribution >= 4 is 0 Å². The summed E-state index contributed by atoms with van der Waals surface area (Å²) >= 11 is 0. The van der Waals surface area contributed by atoms with Crippen LogP contribution in [0.15, 0.2) is 6.33 Å². The molecule has 5 nitrogen and oxygen atoms in total. The number of nitrogens with one attached hydrogen (secondary N) is 1. The fourth-order valence-electron chi connectivity index (χ4n) is 2.11. The molecular weight excluding hydrogens is 204 g/mol. The van der Waals surface area contributed by atoms with Crippen LogP contribution < -0.4 is 5.32 Å². The summed E-state index contributed by atoms with van der Waals surface area (Å²) in [5.74, 6) is 1.03. The zero-order valence-electron chi connectivity index (χ0n) is 10.0. The first-order chi connectivity index (χ1) is 7.75. The average molecular weight is 224 g/mol. The normalized spacial score (nSPS) is 25.9. The van der Waals surface area contributed by atoms with E-state index in [1.807, 2.05) is 11.6 Å². The van der Waals surface area contributed by atoms with E-state index >= 15 is 0 Å². The van der Waals surface area contributed by atoms with Gasteiger partial charge in [0.2, 0.25) is 0 Å². The van der Waals surface area contributed by atoms with E-state index in [0.29, 0.717) is 12.1 Å². The van der Waals surface area contributed by atoms with Crippen molar-refractivity contribution in [2.75, 3.05) is 13.2 Å². The zero-order valence-corrected chi connectivity index (χ0v) is 10.0. The average Bonchev–Trinajstić information content (AvgIpc) is 2.65. The molecule has 1 aromatic rings. The van der Waals surface area contributed by atoms with Gasteiger partial charge in [-0.25, -0.2) is 0 Å². The van der Waals surface area contributed by atoms with Crippen LogP contribution in [0.25, 0.3) is 0 Å². The maximum absolute atomic E-state index is 5.51. The SMILES string of the molecule is CC1CC(NCCc2nncn2C)CCO1. The minimum absolute atomic E-state index is 0.390. The van der Waals surface area contributed by atoms with E-state index in [2.05, 4.69) is 22.4 Å². The Kier molecular flexibility index (Phi) is 3.90. The second kappa shape index (κ2) is 5.41. The highest BCUT2D eigenvalue weighted by Gasteiger charge is 2.18. The van der Waals surface area contributed by atoms with Crippen molar-refractivity contribution in [1.29, 1.82) is 0 Å². The summed E-state index contributed by atoms with van der Waals surface area (Å²) in [5.41, 5.74) is 0. The third kappa shape index (κ3) is 3.02. The molecule has 1 aliphatic rings. The van der Waals surface area contributed by atoms with Crippen molar-refractivity contribution in [1.82, 2.24) is 20.1 Å². The summed E-state index contributed by atoms with van der Waals surface area (Å²) in [6, 6.07) is 0.594. The number of ether oxygens (including phenoxy) is 1. The number of aryl methyl sites for hydroxylation is 1. The third-order valence-electron chi connectivity index (χ3n) is 3.07. The van der Waals surface area contributed by atoms with Crippen LogP contribution >= 0.6 is 0 Å². The third-order valence-corrected chi connectivity index (χ3v) is 3.07. The molecular formula is C11H20N4O. The largest absolute Gasteiger partial charge is 0.378 e. The van der Waals surface area contributed by atoms with Crippen molar-refractivity contribution in [3.05, 3.63) is 12.2 Å². The van der Waals surface area contributed by atoms with Gasteiger partial charge in [-0.1, -0.05) is 0 Å². The Labute approximate surface area is 96.2 Å². The predicted octanol–water partition coefficient (Wildman–Crippen LogP) is 0.515. The molecule has 2 heterocycles. The second-order valence-electron chi connectivity index (χ2n) is 4.46. The van der Waals surface area contributed by atoms with Gasteiger partial charge in [-0.2, -0.15) is 0 Å². The Balaban J connectivity index is 1.70. The van der Waals surface area contributed by atoms with Crippen molar-refractivity contribution in [2.24, 2.45) is 7.05 Å². The second-order valence-corrected chi connectivity index (χ2v) is 4.46. The van der Waals surface area contributed by atoms with Gasteiger partial charge in [0.1, 0.15) is 12.2 Å². The first-order valence-corrected chi connectivity index (χ1v) is 5.93. The molecule has 1 aromatic heterocycles. The van der Waals surface area contributed by atoms with E-state index in [1.165, 1.54) is 0 Å².